The van der Waals surface area contributed by atoms with Crippen LogP contribution in [0.4, 0.5) is 24.9 Å². The van der Waals surface area contributed by atoms with Crippen molar-refractivity contribution in [3.05, 3.63) is 40.4 Å². The van der Waals surface area contributed by atoms with E-state index in [0.717, 1.165) is 44.9 Å². The van der Waals surface area contributed by atoms with Crippen molar-refractivity contribution in [2.75, 3.05) is 30.3 Å². The van der Waals surface area contributed by atoms with E-state index in [1.807, 2.05) is 4.90 Å². The molecule has 0 amide bonds. The molecular weight excluding hydrogens is 535 g/mol. The van der Waals surface area contributed by atoms with Gasteiger partial charge in [-0.15, -0.1) is 0 Å². The van der Waals surface area contributed by atoms with Crippen LogP contribution in [0, 0.1) is 5.41 Å². The number of ether oxygens (including phenoxy) is 1. The Morgan fingerprint density at radius 2 is 1.90 bits per heavy atom. The summed E-state index contributed by atoms with van der Waals surface area (Å²) in [6, 6.07) is 5.33. The molecule has 1 aromatic heterocycles. The van der Waals surface area contributed by atoms with E-state index < -0.39 is 24.3 Å². The monoisotopic (exact) mass is 567 g/mol. The number of rotatable bonds is 6. The molecule has 2 atom stereocenters. The van der Waals surface area contributed by atoms with E-state index >= 15 is 0 Å². The summed E-state index contributed by atoms with van der Waals surface area (Å²) in [5, 5.41) is 12.8. The molecule has 8 nitrogen and oxygen atoms in total. The van der Waals surface area contributed by atoms with E-state index in [0.29, 0.717) is 42.5 Å². The Bertz CT molecular complexity index is 1200. The van der Waals surface area contributed by atoms with E-state index in [1.165, 1.54) is 18.2 Å². The summed E-state index contributed by atoms with van der Waals surface area (Å²) in [6.07, 6.45) is -0.329. The van der Waals surface area contributed by atoms with Gasteiger partial charge in [-0.25, -0.2) is 0 Å². The van der Waals surface area contributed by atoms with Crippen molar-refractivity contribution >= 4 is 29.3 Å². The van der Waals surface area contributed by atoms with Crippen LogP contribution in [0.15, 0.2) is 24.3 Å². The predicted molar refractivity (Wildman–Crippen MR) is 141 cm³/mol. The molecule has 1 spiro atoms. The third-order valence-electron chi connectivity index (χ3n) is 8.43. The van der Waals surface area contributed by atoms with Gasteiger partial charge in [0.15, 0.2) is 0 Å². The number of carbonyl (C=O) groups is 1. The number of hydrogen-bond acceptors (Lipinski definition) is 7. The average Bonchev–Trinajstić information content (AvgIpc) is 3.31. The van der Waals surface area contributed by atoms with Crippen molar-refractivity contribution in [2.24, 2.45) is 5.41 Å². The first kappa shape index (κ1) is 27.8. The molecule has 1 aromatic carbocycles. The van der Waals surface area contributed by atoms with Gasteiger partial charge in [0, 0.05) is 36.3 Å². The maximum Gasteiger partial charge on any atom is 0.429 e. The Labute approximate surface area is 230 Å². The topological polar surface area (TPSA) is 114 Å². The third-order valence-corrected chi connectivity index (χ3v) is 8.66. The Balaban J connectivity index is 1.37. The average molecular weight is 568 g/mol. The minimum atomic E-state index is -4.70. The highest BCUT2D eigenvalue weighted by atomic mass is 35.5. The lowest BCUT2D eigenvalue weighted by molar-refractivity contribution is -0.199. The van der Waals surface area contributed by atoms with E-state index in [2.05, 4.69) is 15.3 Å². The van der Waals surface area contributed by atoms with Gasteiger partial charge in [-0.3, -0.25) is 4.79 Å². The minimum Gasteiger partial charge on any atom is -0.480 e. The fourth-order valence-corrected chi connectivity index (χ4v) is 6.49. The molecule has 3 heterocycles. The molecule has 5 rings (SSSR count). The molecule has 2 saturated heterocycles. The van der Waals surface area contributed by atoms with Gasteiger partial charge < -0.3 is 25.8 Å². The van der Waals surface area contributed by atoms with Crippen molar-refractivity contribution in [1.82, 2.24) is 15.3 Å². The van der Waals surface area contributed by atoms with Crippen LogP contribution in [0.25, 0.3) is 0 Å². The van der Waals surface area contributed by atoms with E-state index in [1.54, 1.807) is 6.07 Å². The first-order valence-corrected chi connectivity index (χ1v) is 13.8. The maximum atomic E-state index is 14.5. The summed E-state index contributed by atoms with van der Waals surface area (Å²) in [7, 11) is 0. The van der Waals surface area contributed by atoms with Crippen molar-refractivity contribution in [3.63, 3.8) is 0 Å². The number of hydrogen-bond donors (Lipinski definition) is 3. The maximum absolute atomic E-state index is 14.5. The number of nitrogens with two attached hydrogens (primary N) is 1. The lowest BCUT2D eigenvalue weighted by atomic mass is 9.76. The molecule has 39 heavy (non-hydrogen) atoms. The van der Waals surface area contributed by atoms with Crippen LogP contribution in [0.3, 0.4) is 0 Å². The molecule has 12 heteroatoms. The number of nitrogen functional groups attached to an aromatic ring is 1. The zero-order chi connectivity index (χ0) is 27.8. The lowest BCUT2D eigenvalue weighted by Crippen LogP contribution is -2.41. The van der Waals surface area contributed by atoms with Gasteiger partial charge >= 0.3 is 12.1 Å². The molecular formula is C27H33ClF3N5O3. The van der Waals surface area contributed by atoms with E-state index in [9.17, 15) is 23.1 Å². The largest absolute Gasteiger partial charge is 0.480 e. The molecule has 2 aliphatic heterocycles. The van der Waals surface area contributed by atoms with Gasteiger partial charge in [-0.1, -0.05) is 36.9 Å². The SMILES string of the molecule is Nc1nc(O[C@H](c2ccc(Cl)cc2C2CCCCC2)C(F)(F)F)cc(N2CCC3(CC2)CNC(C(=O)O)C3)n1. The molecule has 1 saturated carbocycles. The van der Waals surface area contributed by atoms with Crippen LogP contribution < -0.4 is 20.7 Å². The Kier molecular flexibility index (Phi) is 7.83. The number of carboxylic acid groups (broad SMARTS) is 1. The van der Waals surface area contributed by atoms with Crippen LogP contribution in [-0.2, 0) is 4.79 Å². The van der Waals surface area contributed by atoms with Crippen LogP contribution in [0.1, 0.15) is 74.5 Å². The fourth-order valence-electron chi connectivity index (χ4n) is 6.31. The smallest absolute Gasteiger partial charge is 0.429 e. The number of benzene rings is 1. The summed E-state index contributed by atoms with van der Waals surface area (Å²) in [5.41, 5.74) is 6.41. The molecule has 3 aliphatic rings. The summed E-state index contributed by atoms with van der Waals surface area (Å²) in [6.45, 7) is 1.75. The number of aromatic nitrogens is 2. The van der Waals surface area contributed by atoms with Gasteiger partial charge in [0.1, 0.15) is 11.9 Å². The van der Waals surface area contributed by atoms with Crippen LogP contribution in [0.2, 0.25) is 5.02 Å². The molecule has 0 bridgehead atoms. The van der Waals surface area contributed by atoms with Crippen molar-refractivity contribution in [3.8, 4) is 5.88 Å². The normalized spacial score (nSPS) is 22.7. The fraction of sp³-hybridized carbons (Fsp3) is 0.593. The number of piperidine rings is 1. The van der Waals surface area contributed by atoms with Crippen molar-refractivity contribution < 1.29 is 27.8 Å². The minimum absolute atomic E-state index is 0.0154. The number of nitrogens with one attached hydrogen (secondary N) is 1. The van der Waals surface area contributed by atoms with Crippen LogP contribution in [-0.4, -0.2) is 52.9 Å². The predicted octanol–water partition coefficient (Wildman–Crippen LogP) is 5.48. The standard InChI is InChI=1S/C27H33ClF3N5O3/c28-17-6-7-18(19(12-17)16-4-2-1-3-5-16)23(27(29,30)31)39-22-13-21(34-25(32)35-22)36-10-8-26(9-11-36)14-20(24(37)38)33-15-26/h6-7,12-13,16,20,23,33H,1-5,8-11,14-15H2,(H,37,38)(H2,32,34,35)/t20?,23-/m1/s1. The summed E-state index contributed by atoms with van der Waals surface area (Å²) in [4.78, 5) is 21.6. The van der Waals surface area contributed by atoms with Crippen molar-refractivity contribution in [2.45, 2.75) is 75.6 Å². The molecule has 0 radical (unpaired) electrons. The number of anilines is 2. The number of nitrogens with zero attached hydrogens (tertiary/aromatic N) is 3. The molecule has 1 unspecified atom stereocenters. The first-order chi connectivity index (χ1) is 18.5. The molecule has 1 aliphatic carbocycles. The van der Waals surface area contributed by atoms with Gasteiger partial charge in [0.05, 0.1) is 0 Å². The highest BCUT2D eigenvalue weighted by Crippen LogP contribution is 2.44. The van der Waals surface area contributed by atoms with E-state index in [4.69, 9.17) is 22.1 Å². The quantitative estimate of drug-likeness (QED) is 0.421. The van der Waals surface area contributed by atoms with Crippen LogP contribution in [0.5, 0.6) is 5.88 Å². The second-order valence-corrected chi connectivity index (χ2v) is 11.5. The zero-order valence-electron chi connectivity index (χ0n) is 21.5. The highest BCUT2D eigenvalue weighted by Gasteiger charge is 2.46. The Morgan fingerprint density at radius 3 is 2.54 bits per heavy atom. The van der Waals surface area contributed by atoms with Gasteiger partial charge in [-0.05, 0) is 61.1 Å². The summed E-state index contributed by atoms with van der Waals surface area (Å²) in [5.74, 6) is -0.916. The van der Waals surface area contributed by atoms with Crippen molar-refractivity contribution in [1.29, 1.82) is 0 Å². The zero-order valence-corrected chi connectivity index (χ0v) is 22.3. The van der Waals surface area contributed by atoms with Crippen LogP contribution >= 0.6 is 11.6 Å². The van der Waals surface area contributed by atoms with Gasteiger partial charge in [-0.2, -0.15) is 23.1 Å². The Morgan fingerprint density at radius 1 is 1.18 bits per heavy atom. The van der Waals surface area contributed by atoms with E-state index in [-0.39, 0.29) is 28.7 Å². The molecule has 4 N–H and O–H groups in total. The summed E-state index contributed by atoms with van der Waals surface area (Å²) >= 11 is 6.21. The lowest BCUT2D eigenvalue weighted by Gasteiger charge is -2.39. The third kappa shape index (κ3) is 6.19. The number of halogens is 4. The number of alkyl halides is 3. The molecule has 212 valence electrons. The second kappa shape index (κ2) is 11.0. The number of carboxylic acids is 1. The number of aliphatic carboxylic acids is 1. The first-order valence-electron chi connectivity index (χ1n) is 13.4. The summed E-state index contributed by atoms with van der Waals surface area (Å²) < 4.78 is 49.0. The highest BCUT2D eigenvalue weighted by molar-refractivity contribution is 6.30. The van der Waals surface area contributed by atoms with Gasteiger partial charge in [0.25, 0.3) is 0 Å². The van der Waals surface area contributed by atoms with Gasteiger partial charge in [0.2, 0.25) is 17.9 Å². The molecule has 2 aromatic rings. The Hall–Kier alpha value is -2.79. The molecule has 3 fully saturated rings. The second-order valence-electron chi connectivity index (χ2n) is 11.0.